The maximum Gasteiger partial charge on any atom is 0.237 e. The van der Waals surface area contributed by atoms with E-state index < -0.39 is 0 Å². The number of aromatic nitrogens is 4. The molecule has 0 unspecified atom stereocenters. The third kappa shape index (κ3) is 5.37. The molecule has 0 saturated carbocycles. The second kappa shape index (κ2) is 10.9. The molecule has 8 nitrogen and oxygen atoms in total. The lowest BCUT2D eigenvalue weighted by Gasteiger charge is -2.11. The van der Waals surface area contributed by atoms with Crippen LogP contribution >= 0.6 is 23.3 Å². The van der Waals surface area contributed by atoms with Crippen LogP contribution in [-0.4, -0.2) is 33.5 Å². The second-order valence-electron chi connectivity index (χ2n) is 8.05. The predicted octanol–water partition coefficient (Wildman–Crippen LogP) is 5.64. The molecule has 1 aromatic carbocycles. The number of benzene rings is 1. The Labute approximate surface area is 220 Å². The highest BCUT2D eigenvalue weighted by atomic mass is 32.2. The number of ether oxygens (including phenoxy) is 1. The number of rotatable bonds is 9. The molecule has 0 spiro atoms. The molecule has 5 rings (SSSR count). The molecule has 2 N–H and O–H groups in total. The Morgan fingerprint density at radius 2 is 1.97 bits per heavy atom. The SMILES string of the molecule is COc1ncc(-c2cc3ncnc(-c4cncc(CNC=O)c4)c3s2)cc1NSc1cc(C)ccc1F. The van der Waals surface area contributed by atoms with E-state index in [1.807, 2.05) is 25.1 Å². The first-order chi connectivity index (χ1) is 18.1. The van der Waals surface area contributed by atoms with Crippen LogP contribution in [0.5, 0.6) is 5.88 Å². The van der Waals surface area contributed by atoms with Gasteiger partial charge in [0.25, 0.3) is 0 Å². The van der Waals surface area contributed by atoms with Gasteiger partial charge in [0, 0.05) is 41.1 Å². The van der Waals surface area contributed by atoms with Gasteiger partial charge in [-0.15, -0.1) is 11.3 Å². The summed E-state index contributed by atoms with van der Waals surface area (Å²) >= 11 is 2.70. The van der Waals surface area contributed by atoms with E-state index in [1.165, 1.54) is 23.7 Å². The average Bonchev–Trinajstić information content (AvgIpc) is 3.37. The van der Waals surface area contributed by atoms with E-state index >= 15 is 0 Å². The molecular formula is C26H21FN6O2S2. The molecular weight excluding hydrogens is 511 g/mol. The number of anilines is 1. The zero-order valence-electron chi connectivity index (χ0n) is 19.9. The lowest BCUT2D eigenvalue weighted by atomic mass is 10.1. The standard InChI is InChI=1S/C26H21FN6O2S2/c1-15-3-4-19(27)23(5-15)37-33-21-7-17(12-30-26(21)35-2)22-8-20-25(36-22)24(32-13-31-20)18-6-16(9-28-11-18)10-29-14-34/h3-9,11-14,33H,10H2,1-2H3,(H,29,34). The Balaban J connectivity index is 1.48. The van der Waals surface area contributed by atoms with E-state index in [0.717, 1.165) is 55.0 Å². The zero-order chi connectivity index (χ0) is 25.8. The summed E-state index contributed by atoms with van der Waals surface area (Å²) in [4.78, 5) is 29.8. The van der Waals surface area contributed by atoms with Crippen LogP contribution in [0.4, 0.5) is 10.1 Å². The number of thiophene rings is 1. The molecule has 11 heteroatoms. The van der Waals surface area contributed by atoms with Gasteiger partial charge in [0.05, 0.1) is 27.9 Å². The zero-order valence-corrected chi connectivity index (χ0v) is 21.5. The van der Waals surface area contributed by atoms with Gasteiger partial charge in [0.1, 0.15) is 17.8 Å². The van der Waals surface area contributed by atoms with Gasteiger partial charge in [-0.3, -0.25) is 9.78 Å². The normalized spacial score (nSPS) is 10.9. The van der Waals surface area contributed by atoms with E-state index in [4.69, 9.17) is 4.74 Å². The third-order valence-corrected chi connectivity index (χ3v) is 7.49. The number of halogens is 1. The first-order valence-corrected chi connectivity index (χ1v) is 12.8. The summed E-state index contributed by atoms with van der Waals surface area (Å²) in [5.41, 5.74) is 5.69. The summed E-state index contributed by atoms with van der Waals surface area (Å²) in [6.07, 6.45) is 7.35. The van der Waals surface area contributed by atoms with Gasteiger partial charge in [0.2, 0.25) is 12.3 Å². The van der Waals surface area contributed by atoms with Crippen LogP contribution in [0.25, 0.3) is 31.9 Å². The van der Waals surface area contributed by atoms with Gasteiger partial charge < -0.3 is 14.8 Å². The summed E-state index contributed by atoms with van der Waals surface area (Å²) in [6, 6.07) is 10.8. The fourth-order valence-corrected chi connectivity index (χ4v) is 5.58. The van der Waals surface area contributed by atoms with Crippen molar-refractivity contribution in [1.29, 1.82) is 0 Å². The van der Waals surface area contributed by atoms with Crippen LogP contribution < -0.4 is 14.8 Å². The number of hydrogen-bond donors (Lipinski definition) is 2. The van der Waals surface area contributed by atoms with E-state index in [0.29, 0.717) is 29.4 Å². The van der Waals surface area contributed by atoms with E-state index in [2.05, 4.69) is 30.0 Å². The van der Waals surface area contributed by atoms with Gasteiger partial charge >= 0.3 is 0 Å². The molecule has 0 radical (unpaired) electrons. The van der Waals surface area contributed by atoms with Gasteiger partial charge in [-0.1, -0.05) is 6.07 Å². The molecule has 1 amide bonds. The Kier molecular flexibility index (Phi) is 7.24. The molecule has 37 heavy (non-hydrogen) atoms. The van der Waals surface area contributed by atoms with Gasteiger partial charge in [0.15, 0.2) is 0 Å². The Hall–Kier alpha value is -4.09. The van der Waals surface area contributed by atoms with Crippen LogP contribution in [0, 0.1) is 12.7 Å². The summed E-state index contributed by atoms with van der Waals surface area (Å²) < 4.78 is 23.7. The van der Waals surface area contributed by atoms with E-state index in [-0.39, 0.29) is 5.82 Å². The Morgan fingerprint density at radius 1 is 1.08 bits per heavy atom. The molecule has 0 aliphatic rings. The molecule has 4 aromatic heterocycles. The fourth-order valence-electron chi connectivity index (χ4n) is 3.70. The predicted molar refractivity (Wildman–Crippen MR) is 144 cm³/mol. The summed E-state index contributed by atoms with van der Waals surface area (Å²) in [6.45, 7) is 2.30. The number of amides is 1. The average molecular weight is 533 g/mol. The maximum absolute atomic E-state index is 14.2. The topological polar surface area (TPSA) is 102 Å². The third-order valence-electron chi connectivity index (χ3n) is 5.46. The first-order valence-electron chi connectivity index (χ1n) is 11.1. The Morgan fingerprint density at radius 3 is 2.81 bits per heavy atom. The Bertz CT molecular complexity index is 1590. The van der Waals surface area contributed by atoms with Crippen molar-refractivity contribution in [2.24, 2.45) is 0 Å². The van der Waals surface area contributed by atoms with Crippen molar-refractivity contribution in [1.82, 2.24) is 25.3 Å². The number of fused-ring (bicyclic) bond motifs is 1. The van der Waals surface area contributed by atoms with Crippen LogP contribution in [0.15, 0.2) is 66.2 Å². The van der Waals surface area contributed by atoms with Crippen LogP contribution in [0.1, 0.15) is 11.1 Å². The minimum atomic E-state index is -0.303. The van der Waals surface area contributed by atoms with Gasteiger partial charge in [-0.2, -0.15) is 0 Å². The van der Waals surface area contributed by atoms with Crippen molar-refractivity contribution in [2.75, 3.05) is 11.8 Å². The summed E-state index contributed by atoms with van der Waals surface area (Å²) in [7, 11) is 1.54. The van der Waals surface area contributed by atoms with Crippen LogP contribution in [0.2, 0.25) is 0 Å². The highest BCUT2D eigenvalue weighted by Gasteiger charge is 2.15. The highest BCUT2D eigenvalue weighted by molar-refractivity contribution is 8.00. The quantitative estimate of drug-likeness (QED) is 0.186. The van der Waals surface area contributed by atoms with Crippen LogP contribution in [0.3, 0.4) is 0 Å². The van der Waals surface area contributed by atoms with Gasteiger partial charge in [-0.25, -0.2) is 19.3 Å². The monoisotopic (exact) mass is 532 g/mol. The van der Waals surface area contributed by atoms with Gasteiger partial charge in [-0.05, 0) is 60.3 Å². The number of hydrogen-bond acceptors (Lipinski definition) is 9. The number of nitrogens with one attached hydrogen (secondary N) is 2. The molecule has 4 heterocycles. The number of methoxy groups -OCH3 is 1. The first kappa shape index (κ1) is 24.6. The molecule has 0 bridgehead atoms. The molecule has 0 atom stereocenters. The maximum atomic E-state index is 14.2. The summed E-state index contributed by atoms with van der Waals surface area (Å²) in [5, 5.41) is 2.65. The molecule has 5 aromatic rings. The fraction of sp³-hybridized carbons (Fsp3) is 0.115. The highest BCUT2D eigenvalue weighted by Crippen LogP contribution is 2.39. The molecule has 0 fully saturated rings. The number of carbonyl (C=O) groups excluding carboxylic acids is 1. The van der Waals surface area contributed by atoms with Crippen molar-refractivity contribution < 1.29 is 13.9 Å². The van der Waals surface area contributed by atoms with E-state index in [9.17, 15) is 9.18 Å². The smallest absolute Gasteiger partial charge is 0.237 e. The number of carbonyl (C=O) groups is 1. The number of pyridine rings is 2. The molecule has 0 aliphatic carbocycles. The lowest BCUT2D eigenvalue weighted by Crippen LogP contribution is -2.09. The number of aryl methyl sites for hydroxylation is 1. The molecule has 0 aliphatic heterocycles. The minimum absolute atomic E-state index is 0.303. The second-order valence-corrected chi connectivity index (χ2v) is 9.95. The lowest BCUT2D eigenvalue weighted by molar-refractivity contribution is -0.109. The van der Waals surface area contributed by atoms with Crippen molar-refractivity contribution >= 4 is 45.6 Å². The molecule has 186 valence electrons. The van der Waals surface area contributed by atoms with E-state index in [1.54, 1.807) is 37.8 Å². The summed E-state index contributed by atoms with van der Waals surface area (Å²) in [5.74, 6) is 0.0972. The number of nitrogens with zero attached hydrogens (tertiary/aromatic N) is 4. The minimum Gasteiger partial charge on any atom is -0.480 e. The van der Waals surface area contributed by atoms with Crippen molar-refractivity contribution in [3.8, 4) is 27.6 Å². The largest absolute Gasteiger partial charge is 0.480 e. The van der Waals surface area contributed by atoms with Crippen molar-refractivity contribution in [2.45, 2.75) is 18.4 Å². The molecule has 0 saturated heterocycles. The van der Waals surface area contributed by atoms with Crippen molar-refractivity contribution in [3.05, 3.63) is 78.3 Å². The van der Waals surface area contributed by atoms with Crippen molar-refractivity contribution in [3.63, 3.8) is 0 Å². The van der Waals surface area contributed by atoms with Crippen LogP contribution in [-0.2, 0) is 11.3 Å².